The summed E-state index contributed by atoms with van der Waals surface area (Å²) in [5.74, 6) is -0.0987. The van der Waals surface area contributed by atoms with Gasteiger partial charge in [-0.25, -0.2) is 0 Å². The number of allylic oxidation sites excluding steroid dienone is 5. The summed E-state index contributed by atoms with van der Waals surface area (Å²) in [5, 5.41) is 3.06. The van der Waals surface area contributed by atoms with Gasteiger partial charge in [-0.3, -0.25) is 9.69 Å². The minimum Gasteiger partial charge on any atom is -0.346 e. The van der Waals surface area contributed by atoms with Crippen LogP contribution in [0.1, 0.15) is 57.2 Å². The Morgan fingerprint density at radius 3 is 2.81 bits per heavy atom. The molecule has 4 nitrogen and oxygen atoms in total. The van der Waals surface area contributed by atoms with Crippen molar-refractivity contribution in [2.24, 2.45) is 11.3 Å². The molecule has 1 aromatic rings. The van der Waals surface area contributed by atoms with Crippen LogP contribution in [0.4, 0.5) is 0 Å². The van der Waals surface area contributed by atoms with Crippen LogP contribution in [0.2, 0.25) is 0 Å². The molecule has 0 saturated heterocycles. The van der Waals surface area contributed by atoms with Crippen molar-refractivity contribution in [3.63, 3.8) is 0 Å². The van der Waals surface area contributed by atoms with E-state index in [1.165, 1.54) is 11.1 Å². The van der Waals surface area contributed by atoms with E-state index < -0.39 is 6.04 Å². The fraction of sp³-hybridized carbons (Fsp3) is 0.481. The number of rotatable bonds is 8. The highest BCUT2D eigenvalue weighted by molar-refractivity contribution is 5.80. The van der Waals surface area contributed by atoms with E-state index in [0.29, 0.717) is 6.42 Å². The van der Waals surface area contributed by atoms with E-state index >= 15 is 0 Å². The number of benzene rings is 1. The number of amides is 1. The summed E-state index contributed by atoms with van der Waals surface area (Å²) in [5.41, 5.74) is 3.62. The Labute approximate surface area is 187 Å². The van der Waals surface area contributed by atoms with Gasteiger partial charge in [0.15, 0.2) is 0 Å². The number of hydrogen-bond donors (Lipinski definition) is 1. The molecule has 1 aliphatic heterocycles. The highest BCUT2D eigenvalue weighted by atomic mass is 16.2. The summed E-state index contributed by atoms with van der Waals surface area (Å²) in [7, 11) is 2.07. The maximum absolute atomic E-state index is 13.1. The first-order chi connectivity index (χ1) is 14.8. The lowest BCUT2D eigenvalue weighted by Gasteiger charge is -2.34. The molecule has 0 fully saturated rings. The summed E-state index contributed by atoms with van der Waals surface area (Å²) < 4.78 is 0. The molecule has 4 heteroatoms. The number of aldehydes is 1. The van der Waals surface area contributed by atoms with Gasteiger partial charge in [0.1, 0.15) is 6.29 Å². The van der Waals surface area contributed by atoms with Crippen LogP contribution in [0, 0.1) is 11.3 Å². The Hall–Kier alpha value is -2.46. The molecule has 0 aromatic heterocycles. The number of nitrogens with one attached hydrogen (secondary N) is 1. The van der Waals surface area contributed by atoms with E-state index in [1.54, 1.807) is 0 Å². The van der Waals surface area contributed by atoms with Gasteiger partial charge in [-0.05, 0) is 36.6 Å². The predicted octanol–water partition coefficient (Wildman–Crippen LogP) is 4.78. The molecule has 0 saturated carbocycles. The Morgan fingerprint density at radius 1 is 1.29 bits per heavy atom. The molecule has 1 N–H and O–H groups in total. The van der Waals surface area contributed by atoms with Gasteiger partial charge in [0.2, 0.25) is 5.91 Å². The SMILES string of the molecule is CCCC(C1=CC=CC(C)(C)C=C1)C(C=O)NC(=O)CC1c2ccccc2CCN1C. The third-order valence-corrected chi connectivity index (χ3v) is 6.51. The van der Waals surface area contributed by atoms with Crippen LogP contribution < -0.4 is 5.32 Å². The second-order valence-electron chi connectivity index (χ2n) is 9.45. The molecule has 0 bridgehead atoms. The molecule has 0 radical (unpaired) electrons. The number of carbonyl (C=O) groups is 2. The minimum atomic E-state index is -0.526. The third-order valence-electron chi connectivity index (χ3n) is 6.51. The first-order valence-electron chi connectivity index (χ1n) is 11.5. The second kappa shape index (κ2) is 10.2. The highest BCUT2D eigenvalue weighted by Crippen LogP contribution is 2.32. The lowest BCUT2D eigenvalue weighted by Crippen LogP contribution is -2.44. The van der Waals surface area contributed by atoms with Crippen molar-refractivity contribution in [3.05, 3.63) is 71.3 Å². The normalized spacial score (nSPS) is 22.1. The zero-order chi connectivity index (χ0) is 22.4. The summed E-state index contributed by atoms with van der Waals surface area (Å²) in [6.07, 6.45) is 14.7. The minimum absolute atomic E-state index is 0.0199. The van der Waals surface area contributed by atoms with Crippen molar-refractivity contribution in [1.29, 1.82) is 0 Å². The number of carbonyl (C=O) groups excluding carboxylic acids is 2. The molecule has 1 aliphatic carbocycles. The van der Waals surface area contributed by atoms with Crippen molar-refractivity contribution in [2.75, 3.05) is 13.6 Å². The lowest BCUT2D eigenvalue weighted by atomic mass is 9.86. The molecule has 0 spiro atoms. The van der Waals surface area contributed by atoms with E-state index in [-0.39, 0.29) is 23.3 Å². The van der Waals surface area contributed by atoms with Crippen molar-refractivity contribution in [1.82, 2.24) is 10.2 Å². The van der Waals surface area contributed by atoms with Gasteiger partial charge in [0.25, 0.3) is 0 Å². The Morgan fingerprint density at radius 2 is 2.06 bits per heavy atom. The van der Waals surface area contributed by atoms with E-state index in [0.717, 1.165) is 37.7 Å². The van der Waals surface area contributed by atoms with Gasteiger partial charge in [0.05, 0.1) is 6.04 Å². The monoisotopic (exact) mass is 420 g/mol. The average molecular weight is 421 g/mol. The van der Waals surface area contributed by atoms with Crippen LogP contribution in [0.3, 0.4) is 0 Å². The first-order valence-corrected chi connectivity index (χ1v) is 11.5. The fourth-order valence-corrected chi connectivity index (χ4v) is 4.63. The van der Waals surface area contributed by atoms with Crippen LogP contribution >= 0.6 is 0 Å². The molecule has 166 valence electrons. The van der Waals surface area contributed by atoms with Crippen molar-refractivity contribution in [2.45, 2.75) is 58.5 Å². The summed E-state index contributed by atoms with van der Waals surface area (Å²) in [6.45, 7) is 7.36. The van der Waals surface area contributed by atoms with Gasteiger partial charge >= 0.3 is 0 Å². The van der Waals surface area contributed by atoms with Crippen LogP contribution in [0.25, 0.3) is 0 Å². The Bertz CT molecular complexity index is 881. The maximum Gasteiger partial charge on any atom is 0.222 e. The molecule has 31 heavy (non-hydrogen) atoms. The van der Waals surface area contributed by atoms with E-state index in [4.69, 9.17) is 0 Å². The average Bonchev–Trinajstić information content (AvgIpc) is 2.93. The van der Waals surface area contributed by atoms with Crippen molar-refractivity contribution >= 4 is 12.2 Å². The van der Waals surface area contributed by atoms with Crippen LogP contribution in [0.15, 0.2) is 60.2 Å². The number of hydrogen-bond acceptors (Lipinski definition) is 3. The molecule has 2 aliphatic rings. The molecule has 1 aromatic carbocycles. The number of fused-ring (bicyclic) bond motifs is 1. The van der Waals surface area contributed by atoms with Gasteiger partial charge in [-0.15, -0.1) is 0 Å². The quantitative estimate of drug-likeness (QED) is 0.616. The van der Waals surface area contributed by atoms with Crippen molar-refractivity contribution < 1.29 is 9.59 Å². The predicted molar refractivity (Wildman–Crippen MR) is 127 cm³/mol. The van der Waals surface area contributed by atoms with E-state index in [9.17, 15) is 9.59 Å². The van der Waals surface area contributed by atoms with Crippen LogP contribution in [0.5, 0.6) is 0 Å². The van der Waals surface area contributed by atoms with Crippen LogP contribution in [-0.2, 0) is 16.0 Å². The summed E-state index contributed by atoms with van der Waals surface area (Å²) in [4.78, 5) is 27.4. The Balaban J connectivity index is 1.74. The largest absolute Gasteiger partial charge is 0.346 e. The molecular formula is C27H36N2O2. The van der Waals surface area contributed by atoms with Gasteiger partial charge in [-0.1, -0.05) is 81.8 Å². The van der Waals surface area contributed by atoms with E-state index in [2.05, 4.69) is 86.6 Å². The fourth-order valence-electron chi connectivity index (χ4n) is 4.63. The first kappa shape index (κ1) is 23.2. The highest BCUT2D eigenvalue weighted by Gasteiger charge is 2.30. The smallest absolute Gasteiger partial charge is 0.222 e. The Kier molecular flexibility index (Phi) is 7.66. The van der Waals surface area contributed by atoms with Gasteiger partial charge in [0, 0.05) is 30.3 Å². The standard InChI is InChI=1S/C27H36N2O2/c1-5-9-22(20-11-8-15-27(2,3)16-13-20)24(19-30)28-26(31)18-25-23-12-7-6-10-21(23)14-17-29(25)4/h6-8,10-13,15-16,19,22,24-25H,5,9,14,17-18H2,1-4H3,(H,28,31). The lowest BCUT2D eigenvalue weighted by molar-refractivity contribution is -0.125. The molecule has 1 heterocycles. The van der Waals surface area contributed by atoms with Crippen molar-refractivity contribution in [3.8, 4) is 0 Å². The topological polar surface area (TPSA) is 49.4 Å². The van der Waals surface area contributed by atoms with Crippen LogP contribution in [-0.4, -0.2) is 36.7 Å². The zero-order valence-corrected chi connectivity index (χ0v) is 19.3. The van der Waals surface area contributed by atoms with Gasteiger partial charge < -0.3 is 10.1 Å². The molecule has 3 rings (SSSR count). The van der Waals surface area contributed by atoms with Gasteiger partial charge in [-0.2, -0.15) is 0 Å². The number of nitrogens with zero attached hydrogens (tertiary/aromatic N) is 1. The number of likely N-dealkylation sites (N-methyl/N-ethyl adjacent to an activating group) is 1. The summed E-state index contributed by atoms with van der Waals surface area (Å²) in [6, 6.07) is 7.88. The summed E-state index contributed by atoms with van der Waals surface area (Å²) >= 11 is 0. The second-order valence-corrected chi connectivity index (χ2v) is 9.45. The molecule has 3 unspecified atom stereocenters. The molecule has 1 amide bonds. The zero-order valence-electron chi connectivity index (χ0n) is 19.3. The molecular weight excluding hydrogens is 384 g/mol. The third kappa shape index (κ3) is 5.82. The maximum atomic E-state index is 13.1. The van der Waals surface area contributed by atoms with E-state index in [1.807, 2.05) is 6.07 Å². The molecule has 3 atom stereocenters.